The Kier molecular flexibility index (Phi) is 5.26. The molecule has 15 heavy (non-hydrogen) atoms. The Labute approximate surface area is 96.1 Å². The van der Waals surface area contributed by atoms with Gasteiger partial charge in [0.15, 0.2) is 0 Å². The number of ether oxygens (including phenoxy) is 1. The molecular weight excluding hydrogens is 208 g/mol. The number of carbonyl (C=O) groups is 1. The first kappa shape index (κ1) is 12.1. The molecule has 0 radical (unpaired) electrons. The number of hydrogen-bond donors (Lipinski definition) is 1. The summed E-state index contributed by atoms with van der Waals surface area (Å²) in [6.45, 7) is 2.45. The summed E-state index contributed by atoms with van der Waals surface area (Å²) in [5, 5.41) is -0.362. The molecule has 2 nitrogen and oxygen atoms in total. The molecule has 0 N–H and O–H groups in total. The fourth-order valence-corrected chi connectivity index (χ4v) is 1.50. The van der Waals surface area contributed by atoms with Crippen LogP contribution in [0.5, 0.6) is 0 Å². The van der Waals surface area contributed by atoms with Crippen LogP contribution in [0.1, 0.15) is 18.9 Å². The van der Waals surface area contributed by atoms with Gasteiger partial charge in [-0.2, -0.15) is 12.6 Å². The third-order valence-electron chi connectivity index (χ3n) is 1.99. The highest BCUT2D eigenvalue weighted by Crippen LogP contribution is 2.09. The molecule has 0 bridgehead atoms. The van der Waals surface area contributed by atoms with Crippen LogP contribution in [0.4, 0.5) is 0 Å². The summed E-state index contributed by atoms with van der Waals surface area (Å²) < 4.78 is 5.01. The normalized spacial score (nSPS) is 12.1. The maximum atomic E-state index is 11.4. The maximum absolute atomic E-state index is 11.4. The van der Waals surface area contributed by atoms with E-state index in [0.717, 1.165) is 12.0 Å². The van der Waals surface area contributed by atoms with Crippen molar-refractivity contribution in [3.05, 3.63) is 35.9 Å². The second-order valence-electron chi connectivity index (χ2n) is 3.37. The van der Waals surface area contributed by atoms with E-state index in [9.17, 15) is 4.79 Å². The zero-order chi connectivity index (χ0) is 11.1. The van der Waals surface area contributed by atoms with Crippen LogP contribution < -0.4 is 0 Å². The number of rotatable bonds is 5. The predicted molar refractivity (Wildman–Crippen MR) is 64.2 cm³/mol. The number of carbonyl (C=O) groups excluding carboxylic acids is 1. The van der Waals surface area contributed by atoms with Crippen molar-refractivity contribution in [3.8, 4) is 0 Å². The molecule has 3 heteroatoms. The molecule has 0 aliphatic heterocycles. The Balaban J connectivity index is 2.41. The van der Waals surface area contributed by atoms with Crippen molar-refractivity contribution in [1.82, 2.24) is 0 Å². The van der Waals surface area contributed by atoms with Crippen molar-refractivity contribution in [1.29, 1.82) is 0 Å². The minimum atomic E-state index is -0.362. The Morgan fingerprint density at radius 3 is 2.67 bits per heavy atom. The van der Waals surface area contributed by atoms with E-state index in [1.165, 1.54) is 0 Å². The predicted octanol–water partition coefficient (Wildman–Crippen LogP) is 2.48. The molecule has 1 aromatic rings. The number of benzene rings is 1. The summed E-state index contributed by atoms with van der Waals surface area (Å²) in [6, 6.07) is 9.82. The van der Waals surface area contributed by atoms with E-state index in [-0.39, 0.29) is 11.2 Å². The third-order valence-corrected chi connectivity index (χ3v) is 2.39. The molecule has 0 aliphatic rings. The minimum Gasteiger partial charge on any atom is -0.465 e. The van der Waals surface area contributed by atoms with Gasteiger partial charge in [0.25, 0.3) is 0 Å². The average molecular weight is 224 g/mol. The third kappa shape index (κ3) is 4.38. The summed E-state index contributed by atoms with van der Waals surface area (Å²) in [6.07, 6.45) is 1.46. The summed E-state index contributed by atoms with van der Waals surface area (Å²) in [5.41, 5.74) is 1.10. The largest absolute Gasteiger partial charge is 0.465 e. The molecule has 0 spiro atoms. The summed E-state index contributed by atoms with van der Waals surface area (Å²) >= 11 is 4.23. The second-order valence-corrected chi connectivity index (χ2v) is 4.00. The smallest absolute Gasteiger partial charge is 0.319 e. The molecule has 82 valence electrons. The highest BCUT2D eigenvalue weighted by atomic mass is 32.1. The van der Waals surface area contributed by atoms with E-state index in [1.54, 1.807) is 0 Å². The van der Waals surface area contributed by atoms with Crippen molar-refractivity contribution in [3.63, 3.8) is 0 Å². The van der Waals surface area contributed by atoms with Crippen molar-refractivity contribution in [2.75, 3.05) is 6.61 Å². The van der Waals surface area contributed by atoms with E-state index in [0.29, 0.717) is 13.0 Å². The van der Waals surface area contributed by atoms with Crippen LogP contribution in [0, 0.1) is 0 Å². The Morgan fingerprint density at radius 2 is 2.07 bits per heavy atom. The highest BCUT2D eigenvalue weighted by Gasteiger charge is 2.15. The van der Waals surface area contributed by atoms with Crippen LogP contribution in [-0.2, 0) is 16.0 Å². The van der Waals surface area contributed by atoms with Gasteiger partial charge in [0.2, 0.25) is 0 Å². The number of hydrogen-bond acceptors (Lipinski definition) is 3. The minimum absolute atomic E-state index is 0.232. The molecule has 0 heterocycles. The van der Waals surface area contributed by atoms with Crippen LogP contribution in [-0.4, -0.2) is 17.8 Å². The number of esters is 1. The van der Waals surface area contributed by atoms with E-state index in [1.807, 2.05) is 37.3 Å². The Hall–Kier alpha value is -0.960. The standard InChI is InChI=1S/C12H16O2S/c1-2-8-14-12(13)11(15)9-10-6-4-3-5-7-10/h3-7,11,15H,2,8-9H2,1H3. The molecule has 0 amide bonds. The van der Waals surface area contributed by atoms with E-state index in [2.05, 4.69) is 12.6 Å². The van der Waals surface area contributed by atoms with Gasteiger partial charge in [-0.15, -0.1) is 0 Å². The van der Waals surface area contributed by atoms with Crippen molar-refractivity contribution < 1.29 is 9.53 Å². The first-order valence-electron chi connectivity index (χ1n) is 5.12. The van der Waals surface area contributed by atoms with Crippen LogP contribution in [0.2, 0.25) is 0 Å². The van der Waals surface area contributed by atoms with Gasteiger partial charge in [0.1, 0.15) is 5.25 Å². The average Bonchev–Trinajstić information content (AvgIpc) is 2.27. The summed E-state index contributed by atoms with van der Waals surface area (Å²) in [5.74, 6) is -0.232. The molecule has 0 aliphatic carbocycles. The summed E-state index contributed by atoms with van der Waals surface area (Å²) in [7, 11) is 0. The van der Waals surface area contributed by atoms with Gasteiger partial charge in [-0.05, 0) is 18.4 Å². The van der Waals surface area contributed by atoms with Crippen molar-refractivity contribution in [2.24, 2.45) is 0 Å². The lowest BCUT2D eigenvalue weighted by molar-refractivity contribution is -0.142. The fourth-order valence-electron chi connectivity index (χ4n) is 1.22. The SMILES string of the molecule is CCCOC(=O)C(S)Cc1ccccc1. The van der Waals surface area contributed by atoms with Crippen molar-refractivity contribution in [2.45, 2.75) is 25.0 Å². The van der Waals surface area contributed by atoms with Crippen LogP contribution in [0.25, 0.3) is 0 Å². The molecule has 1 unspecified atom stereocenters. The molecule has 0 aromatic heterocycles. The quantitative estimate of drug-likeness (QED) is 0.614. The monoisotopic (exact) mass is 224 g/mol. The lowest BCUT2D eigenvalue weighted by Gasteiger charge is -2.10. The van der Waals surface area contributed by atoms with Gasteiger partial charge in [-0.1, -0.05) is 37.3 Å². The lowest BCUT2D eigenvalue weighted by atomic mass is 10.1. The lowest BCUT2D eigenvalue weighted by Crippen LogP contribution is -2.20. The van der Waals surface area contributed by atoms with Gasteiger partial charge < -0.3 is 4.74 Å². The van der Waals surface area contributed by atoms with Crippen LogP contribution >= 0.6 is 12.6 Å². The topological polar surface area (TPSA) is 26.3 Å². The van der Waals surface area contributed by atoms with Crippen molar-refractivity contribution >= 4 is 18.6 Å². The van der Waals surface area contributed by atoms with Gasteiger partial charge in [0.05, 0.1) is 6.61 Å². The number of thiol groups is 1. The Morgan fingerprint density at radius 1 is 1.40 bits per heavy atom. The first-order valence-corrected chi connectivity index (χ1v) is 5.64. The zero-order valence-corrected chi connectivity index (χ0v) is 9.74. The fraction of sp³-hybridized carbons (Fsp3) is 0.417. The van der Waals surface area contributed by atoms with E-state index < -0.39 is 0 Å². The van der Waals surface area contributed by atoms with Gasteiger partial charge >= 0.3 is 5.97 Å². The molecular formula is C12H16O2S. The highest BCUT2D eigenvalue weighted by molar-refractivity contribution is 7.81. The van der Waals surface area contributed by atoms with E-state index in [4.69, 9.17) is 4.74 Å². The van der Waals surface area contributed by atoms with Gasteiger partial charge in [0, 0.05) is 0 Å². The second kappa shape index (κ2) is 6.51. The zero-order valence-electron chi connectivity index (χ0n) is 8.85. The molecule has 1 aromatic carbocycles. The van der Waals surface area contributed by atoms with Gasteiger partial charge in [-0.25, -0.2) is 0 Å². The van der Waals surface area contributed by atoms with Gasteiger partial charge in [-0.3, -0.25) is 4.79 Å². The molecule has 1 atom stereocenters. The van der Waals surface area contributed by atoms with E-state index >= 15 is 0 Å². The molecule has 1 rings (SSSR count). The molecule has 0 saturated carbocycles. The first-order chi connectivity index (χ1) is 7.24. The Bertz CT molecular complexity index is 298. The summed E-state index contributed by atoms with van der Waals surface area (Å²) in [4.78, 5) is 11.4. The van der Waals surface area contributed by atoms with Crippen LogP contribution in [0.15, 0.2) is 30.3 Å². The maximum Gasteiger partial charge on any atom is 0.319 e. The molecule has 0 saturated heterocycles. The van der Waals surface area contributed by atoms with Crippen LogP contribution in [0.3, 0.4) is 0 Å². The molecule has 0 fully saturated rings.